The van der Waals surface area contributed by atoms with E-state index in [1.807, 2.05) is 32.0 Å². The van der Waals surface area contributed by atoms with Crippen LogP contribution in [0.15, 0.2) is 30.3 Å². The van der Waals surface area contributed by atoms with Crippen LogP contribution in [0.5, 0.6) is 0 Å². The summed E-state index contributed by atoms with van der Waals surface area (Å²) in [5, 5.41) is 15.1. The highest BCUT2D eigenvalue weighted by molar-refractivity contribution is 7.15. The third kappa shape index (κ3) is 3.78. The molecule has 0 unspecified atom stereocenters. The zero-order valence-corrected chi connectivity index (χ0v) is 13.5. The van der Waals surface area contributed by atoms with Gasteiger partial charge in [0.2, 0.25) is 5.13 Å². The van der Waals surface area contributed by atoms with Crippen LogP contribution in [0.25, 0.3) is 0 Å². The van der Waals surface area contributed by atoms with Crippen molar-refractivity contribution in [1.82, 2.24) is 15.5 Å². The number of amides is 2. The van der Waals surface area contributed by atoms with Gasteiger partial charge in [0.05, 0.1) is 0 Å². The molecular weight excluding hydrogens is 284 g/mol. The number of nitrogens with zero attached hydrogens (tertiary/aromatic N) is 2. The van der Waals surface area contributed by atoms with Gasteiger partial charge in [-0.05, 0) is 33.3 Å². The molecule has 2 amide bonds. The summed E-state index contributed by atoms with van der Waals surface area (Å²) in [7, 11) is 0. The molecule has 1 heterocycles. The van der Waals surface area contributed by atoms with Gasteiger partial charge < -0.3 is 5.32 Å². The average molecular weight is 304 g/mol. The Morgan fingerprint density at radius 3 is 2.48 bits per heavy atom. The average Bonchev–Trinajstić information content (AvgIpc) is 2.88. The van der Waals surface area contributed by atoms with Crippen molar-refractivity contribution in [2.75, 3.05) is 5.32 Å². The lowest BCUT2D eigenvalue weighted by molar-refractivity contribution is 0.250. The number of carbonyl (C=O) groups is 1. The van der Waals surface area contributed by atoms with E-state index in [-0.39, 0.29) is 17.5 Å². The maximum Gasteiger partial charge on any atom is 0.321 e. The van der Waals surface area contributed by atoms with E-state index in [2.05, 4.69) is 46.8 Å². The number of hydrogen-bond acceptors (Lipinski definition) is 4. The van der Waals surface area contributed by atoms with Crippen molar-refractivity contribution in [2.45, 2.75) is 39.2 Å². The summed E-state index contributed by atoms with van der Waals surface area (Å²) in [6.45, 7) is 8.01. The highest BCUT2D eigenvalue weighted by Gasteiger charge is 2.27. The minimum Gasteiger partial charge on any atom is -0.336 e. The van der Waals surface area contributed by atoms with Gasteiger partial charge in [0.1, 0.15) is 5.01 Å². The minimum absolute atomic E-state index is 0.0816. The van der Waals surface area contributed by atoms with Crippen LogP contribution in [0, 0.1) is 0 Å². The van der Waals surface area contributed by atoms with E-state index in [1.54, 1.807) is 0 Å². The van der Waals surface area contributed by atoms with Crippen molar-refractivity contribution in [1.29, 1.82) is 0 Å². The fourth-order valence-corrected chi connectivity index (χ4v) is 2.76. The zero-order chi connectivity index (χ0) is 15.5. The van der Waals surface area contributed by atoms with Gasteiger partial charge in [0, 0.05) is 11.5 Å². The Labute approximate surface area is 128 Å². The number of anilines is 1. The van der Waals surface area contributed by atoms with Crippen LogP contribution >= 0.6 is 11.3 Å². The summed E-state index contributed by atoms with van der Waals surface area (Å²) >= 11 is 1.40. The van der Waals surface area contributed by atoms with Crippen LogP contribution < -0.4 is 10.6 Å². The summed E-state index contributed by atoms with van der Waals surface area (Å²) in [5.41, 5.74) is 0.923. The molecule has 0 atom stereocenters. The normalized spacial score (nSPS) is 11.5. The number of rotatable bonds is 4. The molecule has 112 valence electrons. The SMILES string of the molecule is CC(C)NC(=O)Nc1nnc(C(C)(C)c2ccccc2)s1. The van der Waals surface area contributed by atoms with E-state index in [9.17, 15) is 4.79 Å². The van der Waals surface area contributed by atoms with Crippen molar-refractivity contribution in [3.8, 4) is 0 Å². The number of nitrogens with one attached hydrogen (secondary N) is 2. The molecule has 2 aromatic rings. The summed E-state index contributed by atoms with van der Waals surface area (Å²) in [5.74, 6) is 0. The van der Waals surface area contributed by atoms with Crippen LogP contribution in [0.3, 0.4) is 0 Å². The van der Waals surface area contributed by atoms with Gasteiger partial charge in [-0.1, -0.05) is 41.7 Å². The molecule has 6 heteroatoms. The minimum atomic E-state index is -0.259. The molecule has 0 fully saturated rings. The molecule has 2 N–H and O–H groups in total. The lowest BCUT2D eigenvalue weighted by atomic mass is 9.85. The van der Waals surface area contributed by atoms with E-state index in [0.717, 1.165) is 5.01 Å². The fraction of sp³-hybridized carbons (Fsp3) is 0.400. The van der Waals surface area contributed by atoms with Crippen LogP contribution in [0.4, 0.5) is 9.93 Å². The Balaban J connectivity index is 2.14. The molecule has 0 saturated heterocycles. The van der Waals surface area contributed by atoms with Crippen LogP contribution in [0.2, 0.25) is 0 Å². The van der Waals surface area contributed by atoms with Crippen molar-refractivity contribution >= 4 is 22.5 Å². The summed E-state index contributed by atoms with van der Waals surface area (Å²) in [6, 6.07) is 9.97. The highest BCUT2D eigenvalue weighted by Crippen LogP contribution is 2.34. The lowest BCUT2D eigenvalue weighted by Gasteiger charge is -2.21. The molecule has 0 radical (unpaired) electrons. The molecule has 21 heavy (non-hydrogen) atoms. The van der Waals surface area contributed by atoms with Gasteiger partial charge in [-0.25, -0.2) is 4.79 Å². The summed E-state index contributed by atoms with van der Waals surface area (Å²) in [6.07, 6.45) is 0. The number of benzene rings is 1. The van der Waals surface area contributed by atoms with Crippen molar-refractivity contribution in [3.05, 3.63) is 40.9 Å². The smallest absolute Gasteiger partial charge is 0.321 e. The predicted octanol–water partition coefficient (Wildman–Crippen LogP) is 3.39. The maximum absolute atomic E-state index is 11.7. The second kappa shape index (κ2) is 6.22. The monoisotopic (exact) mass is 304 g/mol. The van der Waals surface area contributed by atoms with Crippen molar-refractivity contribution < 1.29 is 4.79 Å². The zero-order valence-electron chi connectivity index (χ0n) is 12.7. The van der Waals surface area contributed by atoms with Crippen LogP contribution in [0.1, 0.15) is 38.3 Å². The molecule has 0 aliphatic carbocycles. The Morgan fingerprint density at radius 2 is 1.86 bits per heavy atom. The van der Waals surface area contributed by atoms with Gasteiger partial charge in [-0.3, -0.25) is 5.32 Å². The lowest BCUT2D eigenvalue weighted by Crippen LogP contribution is -2.34. The quantitative estimate of drug-likeness (QED) is 0.909. The van der Waals surface area contributed by atoms with E-state index in [1.165, 1.54) is 16.9 Å². The van der Waals surface area contributed by atoms with E-state index in [4.69, 9.17) is 0 Å². The Morgan fingerprint density at radius 1 is 1.19 bits per heavy atom. The molecule has 1 aromatic heterocycles. The summed E-state index contributed by atoms with van der Waals surface area (Å²) in [4.78, 5) is 11.7. The Kier molecular flexibility index (Phi) is 4.57. The van der Waals surface area contributed by atoms with Crippen molar-refractivity contribution in [3.63, 3.8) is 0 Å². The van der Waals surface area contributed by atoms with Gasteiger partial charge in [0.25, 0.3) is 0 Å². The predicted molar refractivity (Wildman–Crippen MR) is 85.8 cm³/mol. The van der Waals surface area contributed by atoms with Crippen LogP contribution in [-0.2, 0) is 5.41 Å². The molecule has 2 rings (SSSR count). The van der Waals surface area contributed by atoms with Gasteiger partial charge in [-0.15, -0.1) is 10.2 Å². The van der Waals surface area contributed by atoms with Crippen molar-refractivity contribution in [2.24, 2.45) is 0 Å². The van der Waals surface area contributed by atoms with E-state index in [0.29, 0.717) is 5.13 Å². The Hall–Kier alpha value is -1.95. The second-order valence-corrected chi connectivity index (χ2v) is 6.63. The molecule has 1 aromatic carbocycles. The number of carbonyl (C=O) groups excluding carboxylic acids is 1. The fourth-order valence-electron chi connectivity index (χ4n) is 1.90. The number of aromatic nitrogens is 2. The maximum atomic E-state index is 11.7. The highest BCUT2D eigenvalue weighted by atomic mass is 32.1. The van der Waals surface area contributed by atoms with Gasteiger partial charge in [0.15, 0.2) is 0 Å². The second-order valence-electron chi connectivity index (χ2n) is 5.66. The van der Waals surface area contributed by atoms with Gasteiger partial charge in [-0.2, -0.15) is 0 Å². The first-order valence-corrected chi connectivity index (χ1v) is 7.68. The first kappa shape index (κ1) is 15.4. The molecule has 0 saturated carbocycles. The third-order valence-electron chi connectivity index (χ3n) is 3.10. The Bertz CT molecular complexity index is 607. The van der Waals surface area contributed by atoms with Crippen LogP contribution in [-0.4, -0.2) is 22.3 Å². The first-order chi connectivity index (χ1) is 9.89. The number of urea groups is 1. The summed E-state index contributed by atoms with van der Waals surface area (Å²) < 4.78 is 0. The van der Waals surface area contributed by atoms with Gasteiger partial charge >= 0.3 is 6.03 Å². The molecule has 0 aliphatic heterocycles. The molecular formula is C15H20N4OS. The molecule has 0 spiro atoms. The standard InChI is InChI=1S/C15H20N4OS/c1-10(2)16-13(20)17-14-19-18-12(21-14)15(3,4)11-8-6-5-7-9-11/h5-10H,1-4H3,(H2,16,17,19,20). The third-order valence-corrected chi connectivity index (χ3v) is 4.26. The molecule has 0 aliphatic rings. The van der Waals surface area contributed by atoms with E-state index >= 15 is 0 Å². The largest absolute Gasteiger partial charge is 0.336 e. The first-order valence-electron chi connectivity index (χ1n) is 6.86. The topological polar surface area (TPSA) is 66.9 Å². The van der Waals surface area contributed by atoms with E-state index < -0.39 is 0 Å². The molecule has 0 bridgehead atoms. The molecule has 5 nitrogen and oxygen atoms in total. The number of hydrogen-bond donors (Lipinski definition) is 2.